The third kappa shape index (κ3) is 5.38. The van der Waals surface area contributed by atoms with E-state index in [-0.39, 0.29) is 11.3 Å². The molecule has 0 heterocycles. The maximum atomic E-state index is 10.3. The first kappa shape index (κ1) is 8.51. The van der Waals surface area contributed by atoms with Gasteiger partial charge in [-0.25, -0.2) is 0 Å². The summed E-state index contributed by atoms with van der Waals surface area (Å²) in [5.74, 6) is 2.25. The minimum absolute atomic E-state index is 0.200. The quantitative estimate of drug-likeness (QED) is 0.354. The summed E-state index contributed by atoms with van der Waals surface area (Å²) < 4.78 is 4.38. The van der Waals surface area contributed by atoms with Crippen LogP contribution in [0.15, 0.2) is 0 Å². The maximum Gasteiger partial charge on any atom is 0.330 e. The molecular formula is C6H7BrO2. The lowest BCUT2D eigenvalue weighted by molar-refractivity contribution is -0.133. The van der Waals surface area contributed by atoms with E-state index in [9.17, 15) is 4.79 Å². The van der Waals surface area contributed by atoms with Crippen LogP contribution in [0.2, 0.25) is 0 Å². The number of carbonyl (C=O) groups excluding carboxylic acids is 1. The Bertz CT molecular complexity index is 143. The van der Waals surface area contributed by atoms with Gasteiger partial charge in [0.05, 0.1) is 0 Å². The summed E-state index contributed by atoms with van der Waals surface area (Å²) >= 11 is 2.92. The highest BCUT2D eigenvalue weighted by atomic mass is 79.9. The molecule has 0 atom stereocenters. The Hall–Kier alpha value is -0.490. The number of halogens is 1. The van der Waals surface area contributed by atoms with Crippen LogP contribution in [0.4, 0.5) is 0 Å². The summed E-state index contributed by atoms with van der Waals surface area (Å²) in [5.41, 5.74) is 0. The first-order chi connectivity index (χ1) is 4.31. The molecule has 0 aliphatic rings. The van der Waals surface area contributed by atoms with Crippen LogP contribution < -0.4 is 0 Å². The summed E-state index contributed by atoms with van der Waals surface area (Å²) in [7, 11) is 0. The van der Waals surface area contributed by atoms with E-state index < -0.39 is 0 Å². The van der Waals surface area contributed by atoms with Crippen LogP contribution in [0, 0.1) is 12.0 Å². The summed E-state index contributed by atoms with van der Waals surface area (Å²) in [6.45, 7) is 1.88. The van der Waals surface area contributed by atoms with Crippen molar-refractivity contribution in [3.05, 3.63) is 0 Å². The monoisotopic (exact) mass is 190 g/mol. The largest absolute Gasteiger partial charge is 0.372 e. The van der Waals surface area contributed by atoms with Gasteiger partial charge in [-0.3, -0.25) is 4.79 Å². The standard InChI is InChI=1S/C6H7BrO2/c1-2-3-4-9-6(8)5-7/h2,5H2,1H3. The first-order valence-corrected chi connectivity index (χ1v) is 3.67. The van der Waals surface area contributed by atoms with E-state index in [4.69, 9.17) is 0 Å². The molecule has 0 saturated carbocycles. The zero-order valence-electron chi connectivity index (χ0n) is 5.11. The van der Waals surface area contributed by atoms with Crippen molar-refractivity contribution in [3.63, 3.8) is 0 Å². The minimum atomic E-state index is -0.351. The van der Waals surface area contributed by atoms with Crippen molar-refractivity contribution >= 4 is 21.9 Å². The van der Waals surface area contributed by atoms with Gasteiger partial charge >= 0.3 is 5.97 Å². The minimum Gasteiger partial charge on any atom is -0.372 e. The van der Waals surface area contributed by atoms with Gasteiger partial charge in [0.25, 0.3) is 0 Å². The molecule has 0 saturated heterocycles. The number of carbonyl (C=O) groups is 1. The van der Waals surface area contributed by atoms with Gasteiger partial charge in [0.1, 0.15) is 11.4 Å². The zero-order chi connectivity index (χ0) is 7.11. The smallest absolute Gasteiger partial charge is 0.330 e. The predicted octanol–water partition coefficient (Wildman–Crippen LogP) is 1.30. The molecule has 0 aliphatic carbocycles. The van der Waals surface area contributed by atoms with Crippen molar-refractivity contribution in [2.45, 2.75) is 13.3 Å². The normalized spacial score (nSPS) is 7.33. The van der Waals surface area contributed by atoms with Crippen LogP contribution in [0.3, 0.4) is 0 Å². The molecule has 9 heavy (non-hydrogen) atoms. The molecule has 0 amide bonds. The molecule has 0 aromatic rings. The average Bonchev–Trinajstić information content (AvgIpc) is 1.89. The fraction of sp³-hybridized carbons (Fsp3) is 0.500. The van der Waals surface area contributed by atoms with Crippen LogP contribution in [-0.2, 0) is 9.53 Å². The van der Waals surface area contributed by atoms with Crippen molar-refractivity contribution in [1.29, 1.82) is 0 Å². The average molecular weight is 191 g/mol. The molecule has 0 fully saturated rings. The van der Waals surface area contributed by atoms with Crippen molar-refractivity contribution in [1.82, 2.24) is 0 Å². The molecule has 50 valence electrons. The second-order valence-corrected chi connectivity index (χ2v) is 1.80. The van der Waals surface area contributed by atoms with E-state index in [2.05, 4.69) is 32.7 Å². The second-order valence-electron chi connectivity index (χ2n) is 1.24. The highest BCUT2D eigenvalue weighted by molar-refractivity contribution is 9.09. The third-order valence-electron chi connectivity index (χ3n) is 0.523. The van der Waals surface area contributed by atoms with E-state index in [0.29, 0.717) is 6.42 Å². The van der Waals surface area contributed by atoms with Gasteiger partial charge in [-0.2, -0.15) is 0 Å². The lowest BCUT2D eigenvalue weighted by Crippen LogP contribution is -1.99. The van der Waals surface area contributed by atoms with E-state index >= 15 is 0 Å². The molecule has 0 radical (unpaired) electrons. The van der Waals surface area contributed by atoms with Gasteiger partial charge < -0.3 is 4.74 Å². The molecule has 0 aromatic heterocycles. The summed E-state index contributed by atoms with van der Waals surface area (Å²) in [6, 6.07) is 0. The molecule has 0 spiro atoms. The van der Waals surface area contributed by atoms with Gasteiger partial charge in [-0.05, 0) is 0 Å². The van der Waals surface area contributed by atoms with Crippen molar-refractivity contribution < 1.29 is 9.53 Å². The SMILES string of the molecule is CCC#COC(=O)CBr. The van der Waals surface area contributed by atoms with Crippen LogP contribution in [0.5, 0.6) is 0 Å². The third-order valence-corrected chi connectivity index (χ3v) is 0.981. The summed E-state index contributed by atoms with van der Waals surface area (Å²) in [6.07, 6.45) is 2.96. The molecule has 0 unspecified atom stereocenters. The molecule has 3 heteroatoms. The lowest BCUT2D eigenvalue weighted by atomic mass is 10.5. The number of rotatable bonds is 1. The molecule has 0 aliphatic heterocycles. The van der Waals surface area contributed by atoms with Crippen LogP contribution >= 0.6 is 15.9 Å². The Labute approximate surface area is 62.7 Å². The number of hydrogen-bond acceptors (Lipinski definition) is 2. The highest BCUT2D eigenvalue weighted by Crippen LogP contribution is 1.82. The van der Waals surface area contributed by atoms with E-state index in [1.165, 1.54) is 0 Å². The molecule has 0 bridgehead atoms. The predicted molar refractivity (Wildman–Crippen MR) is 38.0 cm³/mol. The second kappa shape index (κ2) is 5.64. The molecular weight excluding hydrogens is 184 g/mol. The fourth-order valence-corrected chi connectivity index (χ4v) is 0.307. The van der Waals surface area contributed by atoms with Crippen molar-refractivity contribution in [2.24, 2.45) is 0 Å². The van der Waals surface area contributed by atoms with Gasteiger partial charge in [0.15, 0.2) is 0 Å². The molecule has 0 N–H and O–H groups in total. The molecule has 0 rings (SSSR count). The topological polar surface area (TPSA) is 26.3 Å². The lowest BCUT2D eigenvalue weighted by Gasteiger charge is -1.85. The van der Waals surface area contributed by atoms with Gasteiger partial charge in [-0.1, -0.05) is 28.8 Å². The maximum absolute atomic E-state index is 10.3. The number of ether oxygens (including phenoxy) is 1. The molecule has 0 aromatic carbocycles. The Morgan fingerprint density at radius 2 is 2.44 bits per heavy atom. The van der Waals surface area contributed by atoms with Crippen molar-refractivity contribution in [2.75, 3.05) is 5.33 Å². The van der Waals surface area contributed by atoms with Crippen LogP contribution in [0.1, 0.15) is 13.3 Å². The van der Waals surface area contributed by atoms with Crippen LogP contribution in [0.25, 0.3) is 0 Å². The number of alkyl halides is 1. The Kier molecular flexibility index (Phi) is 5.34. The Balaban J connectivity index is 3.37. The number of esters is 1. The van der Waals surface area contributed by atoms with E-state index in [0.717, 1.165) is 0 Å². The summed E-state index contributed by atoms with van der Waals surface area (Å²) in [5, 5.41) is 0.200. The fourth-order valence-electron chi connectivity index (χ4n) is 0.192. The Morgan fingerprint density at radius 1 is 1.78 bits per heavy atom. The zero-order valence-corrected chi connectivity index (χ0v) is 6.69. The summed E-state index contributed by atoms with van der Waals surface area (Å²) in [4.78, 5) is 10.3. The van der Waals surface area contributed by atoms with Crippen LogP contribution in [-0.4, -0.2) is 11.3 Å². The van der Waals surface area contributed by atoms with E-state index in [1.54, 1.807) is 0 Å². The van der Waals surface area contributed by atoms with E-state index in [1.807, 2.05) is 6.92 Å². The van der Waals surface area contributed by atoms with Gasteiger partial charge in [0.2, 0.25) is 0 Å². The first-order valence-electron chi connectivity index (χ1n) is 2.54. The number of hydrogen-bond donors (Lipinski definition) is 0. The highest BCUT2D eigenvalue weighted by Gasteiger charge is 1.93. The molecule has 2 nitrogen and oxygen atoms in total. The Morgan fingerprint density at radius 3 is 2.89 bits per heavy atom. The van der Waals surface area contributed by atoms with Gasteiger partial charge in [0, 0.05) is 6.42 Å². The van der Waals surface area contributed by atoms with Crippen molar-refractivity contribution in [3.8, 4) is 12.0 Å². The van der Waals surface area contributed by atoms with Gasteiger partial charge in [-0.15, -0.1) is 0 Å².